The summed E-state index contributed by atoms with van der Waals surface area (Å²) in [5, 5.41) is -0.246. The predicted molar refractivity (Wildman–Crippen MR) is 50.9 cm³/mol. The molecule has 0 heterocycles. The van der Waals surface area contributed by atoms with Crippen molar-refractivity contribution >= 4 is 23.1 Å². The number of hydrogen-bond acceptors (Lipinski definition) is 2. The van der Waals surface area contributed by atoms with Crippen LogP contribution in [0.1, 0.15) is 22.8 Å². The number of halogens is 4. The molecule has 0 amide bonds. The van der Waals surface area contributed by atoms with Crippen LogP contribution in [0, 0.1) is 0 Å². The second-order valence-corrected chi connectivity index (χ2v) is 3.38. The zero-order chi connectivity index (χ0) is 11.8. The maximum absolute atomic E-state index is 12.3. The van der Waals surface area contributed by atoms with Gasteiger partial charge in [0.2, 0.25) is 0 Å². The minimum atomic E-state index is -4.57. The molecular formula is C9H7ClF3NO. The van der Waals surface area contributed by atoms with Crippen LogP contribution in [0.15, 0.2) is 12.1 Å². The lowest BCUT2D eigenvalue weighted by Crippen LogP contribution is -2.10. The summed E-state index contributed by atoms with van der Waals surface area (Å²) in [5.41, 5.74) is 3.64. The predicted octanol–water partition coefficient (Wildman–Crippen LogP) is 3.14. The highest BCUT2D eigenvalue weighted by molar-refractivity contribution is 6.34. The van der Waals surface area contributed by atoms with Crippen molar-refractivity contribution in [2.24, 2.45) is 0 Å². The summed E-state index contributed by atoms with van der Waals surface area (Å²) in [6.45, 7) is 1.20. The maximum Gasteiger partial charge on any atom is 0.418 e. The molecule has 0 saturated carbocycles. The smallest absolute Gasteiger partial charge is 0.398 e. The summed E-state index contributed by atoms with van der Waals surface area (Å²) < 4.78 is 37.0. The van der Waals surface area contributed by atoms with Gasteiger partial charge in [0, 0.05) is 11.3 Å². The average Bonchev–Trinajstić information content (AvgIpc) is 2.06. The number of carbonyl (C=O) groups is 1. The molecule has 0 atom stereocenters. The summed E-state index contributed by atoms with van der Waals surface area (Å²) in [6.07, 6.45) is -4.57. The first-order valence-corrected chi connectivity index (χ1v) is 4.28. The van der Waals surface area contributed by atoms with Gasteiger partial charge >= 0.3 is 6.18 Å². The van der Waals surface area contributed by atoms with Crippen LogP contribution in [-0.2, 0) is 6.18 Å². The van der Waals surface area contributed by atoms with Gasteiger partial charge in [-0.3, -0.25) is 4.79 Å². The molecule has 0 aromatic heterocycles. The van der Waals surface area contributed by atoms with Crippen molar-refractivity contribution in [3.63, 3.8) is 0 Å². The Bertz CT molecular complexity index is 415. The summed E-state index contributed by atoms with van der Waals surface area (Å²) in [5.74, 6) is -0.430. The highest BCUT2D eigenvalue weighted by atomic mass is 35.5. The van der Waals surface area contributed by atoms with Gasteiger partial charge in [-0.05, 0) is 19.1 Å². The van der Waals surface area contributed by atoms with E-state index >= 15 is 0 Å². The van der Waals surface area contributed by atoms with Crippen LogP contribution >= 0.6 is 11.6 Å². The molecule has 0 radical (unpaired) electrons. The van der Waals surface area contributed by atoms with E-state index in [-0.39, 0.29) is 10.6 Å². The molecule has 0 unspecified atom stereocenters. The second-order valence-electron chi connectivity index (χ2n) is 2.97. The van der Waals surface area contributed by atoms with Gasteiger partial charge in [-0.2, -0.15) is 13.2 Å². The van der Waals surface area contributed by atoms with E-state index in [1.165, 1.54) is 6.92 Å². The SMILES string of the molecule is CC(=O)c1cc(N)c(C(F)(F)F)cc1Cl. The number of nitrogens with two attached hydrogens (primary N) is 1. The van der Waals surface area contributed by atoms with Gasteiger partial charge in [-0.25, -0.2) is 0 Å². The molecule has 15 heavy (non-hydrogen) atoms. The van der Waals surface area contributed by atoms with Crippen LogP contribution in [0.2, 0.25) is 5.02 Å². The Labute approximate surface area is 88.8 Å². The minimum Gasteiger partial charge on any atom is -0.398 e. The van der Waals surface area contributed by atoms with Crippen molar-refractivity contribution in [3.05, 3.63) is 28.3 Å². The van der Waals surface area contributed by atoms with Gasteiger partial charge in [-0.1, -0.05) is 11.6 Å². The standard InChI is InChI=1S/C9H7ClF3NO/c1-4(15)5-2-8(14)6(3-7(5)10)9(11,12)13/h2-3H,14H2,1H3. The highest BCUT2D eigenvalue weighted by Crippen LogP contribution is 2.36. The van der Waals surface area contributed by atoms with E-state index in [1.54, 1.807) is 0 Å². The number of rotatable bonds is 1. The van der Waals surface area contributed by atoms with Gasteiger partial charge in [0.05, 0.1) is 10.6 Å². The number of alkyl halides is 3. The van der Waals surface area contributed by atoms with Gasteiger partial charge in [-0.15, -0.1) is 0 Å². The third-order valence-corrected chi connectivity index (χ3v) is 2.14. The first-order chi connectivity index (χ1) is 6.73. The maximum atomic E-state index is 12.3. The topological polar surface area (TPSA) is 43.1 Å². The largest absolute Gasteiger partial charge is 0.418 e. The van der Waals surface area contributed by atoms with E-state index in [4.69, 9.17) is 17.3 Å². The van der Waals surface area contributed by atoms with E-state index in [1.807, 2.05) is 0 Å². The summed E-state index contributed by atoms with van der Waals surface area (Å²) >= 11 is 5.53. The van der Waals surface area contributed by atoms with E-state index in [0.29, 0.717) is 6.07 Å². The van der Waals surface area contributed by atoms with Crippen molar-refractivity contribution in [3.8, 4) is 0 Å². The quantitative estimate of drug-likeness (QED) is 0.602. The first-order valence-electron chi connectivity index (χ1n) is 3.90. The molecule has 0 fully saturated rings. The Kier molecular flexibility index (Phi) is 2.95. The molecule has 0 saturated heterocycles. The zero-order valence-corrected chi connectivity index (χ0v) is 8.41. The fraction of sp³-hybridized carbons (Fsp3) is 0.222. The number of anilines is 1. The lowest BCUT2D eigenvalue weighted by atomic mass is 10.1. The monoisotopic (exact) mass is 237 g/mol. The second kappa shape index (κ2) is 3.73. The van der Waals surface area contributed by atoms with Gasteiger partial charge in [0.25, 0.3) is 0 Å². The Hall–Kier alpha value is -1.23. The van der Waals surface area contributed by atoms with Crippen molar-refractivity contribution < 1.29 is 18.0 Å². The molecule has 0 aliphatic rings. The van der Waals surface area contributed by atoms with Crippen molar-refractivity contribution in [1.29, 1.82) is 0 Å². The number of hydrogen-bond donors (Lipinski definition) is 1. The Morgan fingerprint density at radius 3 is 2.33 bits per heavy atom. The molecular weight excluding hydrogens is 231 g/mol. The highest BCUT2D eigenvalue weighted by Gasteiger charge is 2.33. The van der Waals surface area contributed by atoms with Crippen molar-refractivity contribution in [2.75, 3.05) is 5.73 Å². The number of Topliss-reactive ketones (excluding diaryl/α,β-unsaturated/α-hetero) is 1. The summed E-state index contributed by atoms with van der Waals surface area (Å²) in [6, 6.07) is 1.60. The molecule has 0 aliphatic carbocycles. The molecule has 1 rings (SSSR count). The molecule has 0 aliphatic heterocycles. The Balaban J connectivity index is 3.39. The normalized spacial score (nSPS) is 11.5. The first kappa shape index (κ1) is 11.8. The lowest BCUT2D eigenvalue weighted by molar-refractivity contribution is -0.136. The fourth-order valence-corrected chi connectivity index (χ4v) is 1.40. The molecule has 2 N–H and O–H groups in total. The number of ketones is 1. The van der Waals surface area contributed by atoms with Crippen LogP contribution in [0.5, 0.6) is 0 Å². The molecule has 1 aromatic rings. The zero-order valence-electron chi connectivity index (χ0n) is 7.65. The number of nitrogen functional groups attached to an aromatic ring is 1. The molecule has 2 nitrogen and oxygen atoms in total. The summed E-state index contributed by atoms with van der Waals surface area (Å²) in [7, 11) is 0. The van der Waals surface area contributed by atoms with Gasteiger partial charge < -0.3 is 5.73 Å². The number of carbonyl (C=O) groups excluding carboxylic acids is 1. The van der Waals surface area contributed by atoms with Crippen molar-refractivity contribution in [1.82, 2.24) is 0 Å². The fourth-order valence-electron chi connectivity index (χ4n) is 1.11. The molecule has 1 aromatic carbocycles. The minimum absolute atomic E-state index is 0.0119. The van der Waals surface area contributed by atoms with Crippen molar-refractivity contribution in [2.45, 2.75) is 13.1 Å². The van der Waals surface area contributed by atoms with E-state index < -0.39 is 23.2 Å². The molecule has 6 heteroatoms. The molecule has 0 spiro atoms. The van der Waals surface area contributed by atoms with Crippen LogP contribution in [0.3, 0.4) is 0 Å². The van der Waals surface area contributed by atoms with E-state index in [2.05, 4.69) is 0 Å². The Morgan fingerprint density at radius 2 is 1.93 bits per heavy atom. The number of benzene rings is 1. The van der Waals surface area contributed by atoms with Gasteiger partial charge in [0.1, 0.15) is 0 Å². The molecule has 0 bridgehead atoms. The lowest BCUT2D eigenvalue weighted by Gasteiger charge is -2.11. The molecule has 82 valence electrons. The van der Waals surface area contributed by atoms with Crippen LogP contribution in [0.4, 0.5) is 18.9 Å². The van der Waals surface area contributed by atoms with E-state index in [0.717, 1.165) is 6.07 Å². The van der Waals surface area contributed by atoms with Crippen LogP contribution in [0.25, 0.3) is 0 Å². The average molecular weight is 238 g/mol. The van der Waals surface area contributed by atoms with Gasteiger partial charge in [0.15, 0.2) is 5.78 Å². The van der Waals surface area contributed by atoms with E-state index in [9.17, 15) is 18.0 Å². The van der Waals surface area contributed by atoms with Crippen LogP contribution < -0.4 is 5.73 Å². The Morgan fingerprint density at radius 1 is 1.40 bits per heavy atom. The third kappa shape index (κ3) is 2.41. The third-order valence-electron chi connectivity index (χ3n) is 1.82. The van der Waals surface area contributed by atoms with Crippen LogP contribution in [-0.4, -0.2) is 5.78 Å². The summed E-state index contributed by atoms with van der Waals surface area (Å²) in [4.78, 5) is 11.0.